The molecule has 2 aliphatic rings. The van der Waals surface area contributed by atoms with E-state index in [-0.39, 0.29) is 16.6 Å². The van der Waals surface area contributed by atoms with Gasteiger partial charge < -0.3 is 15.2 Å². The van der Waals surface area contributed by atoms with Crippen LogP contribution in [0.4, 0.5) is 15.9 Å². The quantitative estimate of drug-likeness (QED) is 0.301. The van der Waals surface area contributed by atoms with Gasteiger partial charge in [0.15, 0.2) is 0 Å². The van der Waals surface area contributed by atoms with E-state index in [1.54, 1.807) is 24.3 Å². The Kier molecular flexibility index (Phi) is 7.75. The summed E-state index contributed by atoms with van der Waals surface area (Å²) >= 11 is 3.25. The molecule has 0 spiro atoms. The molecule has 1 saturated heterocycles. The Morgan fingerprint density at radius 2 is 1.71 bits per heavy atom. The van der Waals surface area contributed by atoms with Gasteiger partial charge in [0.25, 0.3) is 10.0 Å². The number of nitrogens with zero attached hydrogens (tertiary/aromatic N) is 5. The van der Waals surface area contributed by atoms with Gasteiger partial charge in [0.05, 0.1) is 11.1 Å². The molecule has 2 aromatic carbocycles. The number of hydrogen-bond acceptors (Lipinski definition) is 7. The first kappa shape index (κ1) is 28.1. The normalized spacial score (nSPS) is 20.9. The van der Waals surface area contributed by atoms with Crippen molar-refractivity contribution >= 4 is 48.5 Å². The third-order valence-electron chi connectivity index (χ3n) is 8.40. The summed E-state index contributed by atoms with van der Waals surface area (Å²) < 4.78 is 46.1. The number of hydrogen-bond donors (Lipinski definition) is 2. The minimum absolute atomic E-state index is 0.0267. The minimum Gasteiger partial charge on any atom is -0.383 e. The molecule has 0 radical (unpaired) electrons. The van der Waals surface area contributed by atoms with E-state index in [9.17, 15) is 8.42 Å². The molecule has 0 unspecified atom stereocenters. The molecular weight excluding hydrogens is 609 g/mol. The summed E-state index contributed by atoms with van der Waals surface area (Å²) in [6.45, 7) is 4.46. The Bertz CT molecular complexity index is 1680. The number of benzene rings is 2. The van der Waals surface area contributed by atoms with Crippen molar-refractivity contribution in [3.8, 4) is 11.1 Å². The van der Waals surface area contributed by atoms with Crippen LogP contribution in [0.2, 0.25) is 0 Å². The lowest BCUT2D eigenvalue weighted by Crippen LogP contribution is -2.49. The number of likely N-dealkylation sites (N-methyl/N-ethyl adjacent to an activating group) is 1. The highest BCUT2D eigenvalue weighted by Crippen LogP contribution is 2.39. The number of fused-ring (bicyclic) bond motifs is 1. The molecule has 1 aliphatic carbocycles. The molecule has 2 aromatic heterocycles. The van der Waals surface area contributed by atoms with Crippen LogP contribution in [0.15, 0.2) is 64.4 Å². The summed E-state index contributed by atoms with van der Waals surface area (Å²) in [5.41, 5.74) is 8.22. The fourth-order valence-electron chi connectivity index (χ4n) is 6.12. The van der Waals surface area contributed by atoms with Crippen molar-refractivity contribution in [1.29, 1.82) is 0 Å². The van der Waals surface area contributed by atoms with Gasteiger partial charge >= 0.3 is 0 Å². The van der Waals surface area contributed by atoms with Crippen molar-refractivity contribution in [2.24, 2.45) is 0 Å². The molecule has 2 fully saturated rings. The SMILES string of the molecule is CN1CCN(C2CCC(n3cc(-c4ccc(NS(=O)(=O)c5ccccc5Br)c(F)c4)c4c(N)ncnc43)CC2)CC1. The van der Waals surface area contributed by atoms with E-state index in [0.29, 0.717) is 27.3 Å². The number of nitrogens with two attached hydrogens (primary N) is 1. The van der Waals surface area contributed by atoms with E-state index in [4.69, 9.17) is 5.73 Å². The van der Waals surface area contributed by atoms with Crippen molar-refractivity contribution in [1.82, 2.24) is 24.3 Å². The van der Waals surface area contributed by atoms with Crippen LogP contribution in [0.3, 0.4) is 0 Å². The molecular formula is C29H33BrFN7O2S. The second-order valence-corrected chi connectivity index (χ2v) is 13.4. The molecule has 4 aromatic rings. The zero-order chi connectivity index (χ0) is 28.7. The summed E-state index contributed by atoms with van der Waals surface area (Å²) in [5.74, 6) is -0.365. The van der Waals surface area contributed by atoms with Crippen LogP contribution in [0.25, 0.3) is 22.2 Å². The molecule has 12 heteroatoms. The summed E-state index contributed by atoms with van der Waals surface area (Å²) in [4.78, 5) is 13.8. The van der Waals surface area contributed by atoms with Gasteiger partial charge in [-0.25, -0.2) is 22.8 Å². The number of rotatable bonds is 6. The molecule has 216 valence electrons. The Hall–Kier alpha value is -3.06. The number of anilines is 2. The monoisotopic (exact) mass is 641 g/mol. The van der Waals surface area contributed by atoms with Gasteiger partial charge in [0.2, 0.25) is 0 Å². The van der Waals surface area contributed by atoms with E-state index < -0.39 is 15.8 Å². The smallest absolute Gasteiger partial charge is 0.263 e. The van der Waals surface area contributed by atoms with E-state index in [1.807, 2.05) is 6.20 Å². The highest BCUT2D eigenvalue weighted by Gasteiger charge is 2.30. The van der Waals surface area contributed by atoms with Gasteiger partial charge in [-0.2, -0.15) is 0 Å². The van der Waals surface area contributed by atoms with Crippen LogP contribution in [-0.4, -0.2) is 72.0 Å². The van der Waals surface area contributed by atoms with Gasteiger partial charge in [-0.3, -0.25) is 9.62 Å². The topological polar surface area (TPSA) is 109 Å². The first-order valence-corrected chi connectivity index (χ1v) is 16.1. The molecule has 41 heavy (non-hydrogen) atoms. The molecule has 1 saturated carbocycles. The number of aromatic nitrogens is 3. The molecule has 1 aliphatic heterocycles. The number of piperazine rings is 1. The molecule has 3 N–H and O–H groups in total. The van der Waals surface area contributed by atoms with E-state index >= 15 is 4.39 Å². The fourth-order valence-corrected chi connectivity index (χ4v) is 8.19. The highest BCUT2D eigenvalue weighted by molar-refractivity contribution is 9.10. The molecule has 0 atom stereocenters. The zero-order valence-electron chi connectivity index (χ0n) is 22.8. The third kappa shape index (κ3) is 5.57. The maximum absolute atomic E-state index is 15.4. The molecule has 3 heterocycles. The second kappa shape index (κ2) is 11.3. The van der Waals surface area contributed by atoms with Crippen LogP contribution >= 0.6 is 15.9 Å². The van der Waals surface area contributed by atoms with Gasteiger partial charge in [0.1, 0.15) is 28.5 Å². The lowest BCUT2D eigenvalue weighted by Gasteiger charge is -2.41. The Labute approximate surface area is 247 Å². The van der Waals surface area contributed by atoms with E-state index in [0.717, 1.165) is 63.1 Å². The summed E-state index contributed by atoms with van der Waals surface area (Å²) in [7, 11) is -1.82. The van der Waals surface area contributed by atoms with Crippen molar-refractivity contribution in [2.75, 3.05) is 43.7 Å². The predicted molar refractivity (Wildman–Crippen MR) is 163 cm³/mol. The van der Waals surface area contributed by atoms with Crippen molar-refractivity contribution in [2.45, 2.75) is 42.7 Å². The lowest BCUT2D eigenvalue weighted by molar-refractivity contribution is 0.0828. The van der Waals surface area contributed by atoms with Crippen LogP contribution in [-0.2, 0) is 10.0 Å². The molecule has 9 nitrogen and oxygen atoms in total. The zero-order valence-corrected chi connectivity index (χ0v) is 25.2. The maximum atomic E-state index is 15.4. The van der Waals surface area contributed by atoms with Crippen LogP contribution in [0.5, 0.6) is 0 Å². The van der Waals surface area contributed by atoms with Crippen LogP contribution < -0.4 is 10.5 Å². The Balaban J connectivity index is 1.27. The standard InChI is InChI=1S/C29H33BrFN7O2S/c1-36-12-14-37(15-13-36)20-7-9-21(10-8-20)38-17-22(27-28(32)33-18-34-29(27)38)19-6-11-25(24(31)16-19)35-41(39,40)26-5-3-2-4-23(26)30/h2-6,11,16-18,20-21,35H,7-10,12-15H2,1H3,(H2,32,33,34). The van der Waals surface area contributed by atoms with Crippen LogP contribution in [0.1, 0.15) is 31.7 Å². The second-order valence-electron chi connectivity index (χ2n) is 10.9. The average molecular weight is 643 g/mol. The van der Waals surface area contributed by atoms with Gasteiger partial charge in [-0.05, 0) is 78.5 Å². The van der Waals surface area contributed by atoms with Crippen molar-refractivity contribution in [3.63, 3.8) is 0 Å². The number of sulfonamides is 1. The Morgan fingerprint density at radius 3 is 2.41 bits per heavy atom. The maximum Gasteiger partial charge on any atom is 0.263 e. The first-order chi connectivity index (χ1) is 19.7. The first-order valence-electron chi connectivity index (χ1n) is 13.8. The van der Waals surface area contributed by atoms with E-state index in [2.05, 4.69) is 52.0 Å². The average Bonchev–Trinajstić information content (AvgIpc) is 3.36. The summed E-state index contributed by atoms with van der Waals surface area (Å²) in [5, 5.41) is 0.676. The fraction of sp³-hybridized carbons (Fsp3) is 0.379. The predicted octanol–water partition coefficient (Wildman–Crippen LogP) is 5.11. The minimum atomic E-state index is -4.00. The lowest BCUT2D eigenvalue weighted by atomic mass is 9.89. The largest absolute Gasteiger partial charge is 0.383 e. The van der Waals surface area contributed by atoms with Crippen LogP contribution in [0, 0.1) is 5.82 Å². The molecule has 0 bridgehead atoms. The van der Waals surface area contributed by atoms with Crippen molar-refractivity contribution < 1.29 is 12.8 Å². The summed E-state index contributed by atoms with van der Waals surface area (Å²) in [6, 6.07) is 11.7. The highest BCUT2D eigenvalue weighted by atomic mass is 79.9. The summed E-state index contributed by atoms with van der Waals surface area (Å²) in [6.07, 6.45) is 7.74. The van der Waals surface area contributed by atoms with Gasteiger partial charge in [0, 0.05) is 54.5 Å². The van der Waals surface area contributed by atoms with E-state index in [1.165, 1.54) is 24.5 Å². The number of halogens is 2. The van der Waals surface area contributed by atoms with Crippen molar-refractivity contribution in [3.05, 3.63) is 65.3 Å². The molecule has 6 rings (SSSR count). The van der Waals surface area contributed by atoms with Gasteiger partial charge in [-0.15, -0.1) is 0 Å². The molecule has 0 amide bonds. The number of nitrogen functional groups attached to an aromatic ring is 1. The Morgan fingerprint density at radius 1 is 1.00 bits per heavy atom. The third-order valence-corrected chi connectivity index (χ3v) is 10.8. The van der Waals surface area contributed by atoms with Gasteiger partial charge in [-0.1, -0.05) is 18.2 Å². The number of nitrogens with one attached hydrogen (secondary N) is 1.